The van der Waals surface area contributed by atoms with Crippen LogP contribution in [0, 0.1) is 17.8 Å². The number of ketones is 1. The zero-order valence-electron chi connectivity index (χ0n) is 18.0. The number of unbranched alkanes of at least 4 members (excludes halogenated alkanes) is 5. The Balaban J connectivity index is 1.82. The van der Waals surface area contributed by atoms with Crippen LogP contribution in [0.1, 0.15) is 96.8 Å². The average Bonchev–Trinajstić information content (AvgIpc) is 3.47. The van der Waals surface area contributed by atoms with Crippen LogP contribution in [0.15, 0.2) is 12.2 Å². The molecule has 2 rings (SSSR count). The molecule has 2 aliphatic rings. The van der Waals surface area contributed by atoms with Crippen molar-refractivity contribution in [1.82, 2.24) is 0 Å². The van der Waals surface area contributed by atoms with Crippen molar-refractivity contribution in [3.05, 3.63) is 12.2 Å². The molecule has 0 heterocycles. The van der Waals surface area contributed by atoms with E-state index < -0.39 is 17.7 Å². The lowest BCUT2D eigenvalue weighted by molar-refractivity contribution is -0.137. The molecule has 2 aliphatic carbocycles. The fourth-order valence-electron chi connectivity index (χ4n) is 4.80. The largest absolute Gasteiger partial charge is 0.481 e. The number of aliphatic hydroxyl groups excluding tert-OH is 1. The maximum Gasteiger partial charge on any atom is 0.303 e. The van der Waals surface area contributed by atoms with Gasteiger partial charge in [-0.05, 0) is 50.4 Å². The van der Waals surface area contributed by atoms with Crippen LogP contribution in [0.2, 0.25) is 0 Å². The number of hydrogen-bond donors (Lipinski definition) is 3. The number of hydrogen-bond acceptors (Lipinski definition) is 4. The minimum absolute atomic E-state index is 0.0488. The molecular formula is C24H40O5. The van der Waals surface area contributed by atoms with Crippen molar-refractivity contribution in [3.8, 4) is 0 Å². The van der Waals surface area contributed by atoms with Gasteiger partial charge in [0.1, 0.15) is 5.78 Å². The number of carboxylic acid groups (broad SMARTS) is 1. The van der Waals surface area contributed by atoms with Gasteiger partial charge in [0.15, 0.2) is 0 Å². The summed E-state index contributed by atoms with van der Waals surface area (Å²) < 4.78 is 0. The van der Waals surface area contributed by atoms with Crippen LogP contribution in [-0.4, -0.2) is 38.8 Å². The molecule has 0 saturated heterocycles. The maximum atomic E-state index is 12.4. The van der Waals surface area contributed by atoms with Gasteiger partial charge in [-0.3, -0.25) is 9.59 Å². The third kappa shape index (κ3) is 7.86. The van der Waals surface area contributed by atoms with Crippen LogP contribution in [0.3, 0.4) is 0 Å². The predicted molar refractivity (Wildman–Crippen MR) is 114 cm³/mol. The first-order valence-electron chi connectivity index (χ1n) is 11.7. The molecule has 0 aromatic carbocycles. The summed E-state index contributed by atoms with van der Waals surface area (Å²) >= 11 is 0. The molecule has 5 heteroatoms. The molecule has 166 valence electrons. The summed E-state index contributed by atoms with van der Waals surface area (Å²) in [5.74, 6) is -0.552. The lowest BCUT2D eigenvalue weighted by Gasteiger charge is -2.27. The van der Waals surface area contributed by atoms with E-state index in [1.165, 1.54) is 0 Å². The van der Waals surface area contributed by atoms with E-state index in [-0.39, 0.29) is 30.5 Å². The zero-order valence-corrected chi connectivity index (χ0v) is 18.0. The van der Waals surface area contributed by atoms with E-state index in [2.05, 4.69) is 6.92 Å². The topological polar surface area (TPSA) is 94.8 Å². The molecule has 0 amide bonds. The van der Waals surface area contributed by atoms with Crippen LogP contribution >= 0.6 is 0 Å². The van der Waals surface area contributed by atoms with E-state index in [4.69, 9.17) is 5.11 Å². The van der Waals surface area contributed by atoms with Crippen LogP contribution in [0.4, 0.5) is 0 Å². The smallest absolute Gasteiger partial charge is 0.303 e. The zero-order chi connectivity index (χ0) is 21.3. The highest BCUT2D eigenvalue weighted by Crippen LogP contribution is 2.45. The van der Waals surface area contributed by atoms with Gasteiger partial charge in [0, 0.05) is 18.8 Å². The minimum Gasteiger partial charge on any atom is -0.481 e. The van der Waals surface area contributed by atoms with Gasteiger partial charge in [-0.25, -0.2) is 0 Å². The number of rotatable bonds is 15. The molecule has 0 aromatic rings. The summed E-state index contributed by atoms with van der Waals surface area (Å²) in [7, 11) is 0. The van der Waals surface area contributed by atoms with Crippen molar-refractivity contribution in [2.45, 2.75) is 109 Å². The molecule has 0 aliphatic heterocycles. The molecule has 1 unspecified atom stereocenters. The quantitative estimate of drug-likeness (QED) is 0.271. The van der Waals surface area contributed by atoms with Crippen molar-refractivity contribution in [1.29, 1.82) is 0 Å². The lowest BCUT2D eigenvalue weighted by Crippen LogP contribution is -2.30. The Bertz CT molecular complexity index is 553. The molecule has 29 heavy (non-hydrogen) atoms. The summed E-state index contributed by atoms with van der Waals surface area (Å²) in [5, 5.41) is 30.1. The predicted octanol–water partition coefficient (Wildman–Crippen LogP) is 4.65. The van der Waals surface area contributed by atoms with Gasteiger partial charge in [0.25, 0.3) is 0 Å². The molecule has 2 saturated carbocycles. The number of aliphatic hydroxyl groups is 2. The molecule has 3 N–H and O–H groups in total. The van der Waals surface area contributed by atoms with Crippen molar-refractivity contribution in [2.75, 3.05) is 0 Å². The first-order chi connectivity index (χ1) is 13.9. The average molecular weight is 409 g/mol. The van der Waals surface area contributed by atoms with E-state index >= 15 is 0 Å². The number of carboxylic acids is 1. The highest BCUT2D eigenvalue weighted by molar-refractivity contribution is 5.85. The summed E-state index contributed by atoms with van der Waals surface area (Å²) in [6.07, 6.45) is 14.9. The minimum atomic E-state index is -0.757. The Morgan fingerprint density at radius 1 is 1.14 bits per heavy atom. The number of carbonyl (C=O) groups is 2. The van der Waals surface area contributed by atoms with Gasteiger partial charge in [0.05, 0.1) is 11.7 Å². The molecule has 2 fully saturated rings. The van der Waals surface area contributed by atoms with Gasteiger partial charge in [-0.2, -0.15) is 0 Å². The third-order valence-electron chi connectivity index (χ3n) is 6.78. The standard InChI is InChI=1S/C24H40O5/c1-2-3-8-15-24(29,18-13-14-18)16-9-11-20-19(21(25)17-22(20)26)10-6-4-5-7-12-23(27)28/h9,11,18-21,25,29H,2-8,10,12-17H2,1H3,(H,27,28)/t19-,20-,21+,24?/m1/s1. The fourth-order valence-corrected chi connectivity index (χ4v) is 4.80. The summed E-state index contributed by atoms with van der Waals surface area (Å²) in [6, 6.07) is 0. The van der Waals surface area contributed by atoms with E-state index in [1.54, 1.807) is 0 Å². The van der Waals surface area contributed by atoms with Gasteiger partial charge in [-0.1, -0.05) is 57.6 Å². The first-order valence-corrected chi connectivity index (χ1v) is 11.7. The van der Waals surface area contributed by atoms with Crippen LogP contribution < -0.4 is 0 Å². The molecule has 0 aromatic heterocycles. The first kappa shape index (κ1) is 24.1. The third-order valence-corrected chi connectivity index (χ3v) is 6.78. The summed E-state index contributed by atoms with van der Waals surface area (Å²) in [4.78, 5) is 22.9. The second kappa shape index (κ2) is 11.8. The van der Waals surface area contributed by atoms with Gasteiger partial charge in [-0.15, -0.1) is 0 Å². The Morgan fingerprint density at radius 2 is 1.86 bits per heavy atom. The molecule has 0 radical (unpaired) electrons. The molecule has 5 nitrogen and oxygen atoms in total. The van der Waals surface area contributed by atoms with Crippen molar-refractivity contribution < 1.29 is 24.9 Å². The van der Waals surface area contributed by atoms with Gasteiger partial charge < -0.3 is 15.3 Å². The maximum absolute atomic E-state index is 12.4. The van der Waals surface area contributed by atoms with Crippen LogP contribution in [0.25, 0.3) is 0 Å². The lowest BCUT2D eigenvalue weighted by atomic mass is 9.85. The molecular weight excluding hydrogens is 368 g/mol. The summed E-state index contributed by atoms with van der Waals surface area (Å²) in [6.45, 7) is 2.17. The number of aliphatic carboxylic acids is 1. The van der Waals surface area contributed by atoms with Crippen LogP contribution in [0.5, 0.6) is 0 Å². The van der Waals surface area contributed by atoms with E-state index in [1.807, 2.05) is 12.2 Å². The Hall–Kier alpha value is -1.20. The Labute approximate surface area is 175 Å². The SMILES string of the molecule is CCCCCC(O)(CC=C[C@H]1C(=O)C[C@H](O)[C@@H]1CCCCCCC(=O)O)C1CC1. The van der Waals surface area contributed by atoms with Crippen molar-refractivity contribution in [2.24, 2.45) is 17.8 Å². The van der Waals surface area contributed by atoms with Crippen molar-refractivity contribution in [3.63, 3.8) is 0 Å². The van der Waals surface area contributed by atoms with Crippen molar-refractivity contribution >= 4 is 11.8 Å². The number of Topliss-reactive ketones (excluding diaryl/α,β-unsaturated/α-hetero) is 1. The molecule has 4 atom stereocenters. The number of carbonyl (C=O) groups excluding carboxylic acids is 1. The highest BCUT2D eigenvalue weighted by Gasteiger charge is 2.43. The monoisotopic (exact) mass is 408 g/mol. The second-order valence-corrected chi connectivity index (χ2v) is 9.24. The Morgan fingerprint density at radius 3 is 2.52 bits per heavy atom. The van der Waals surface area contributed by atoms with E-state index in [0.29, 0.717) is 18.8 Å². The van der Waals surface area contributed by atoms with Crippen LogP contribution in [-0.2, 0) is 9.59 Å². The Kier molecular flexibility index (Phi) is 9.84. The molecule has 0 bridgehead atoms. The van der Waals surface area contributed by atoms with E-state index in [0.717, 1.165) is 64.2 Å². The van der Waals surface area contributed by atoms with Gasteiger partial charge >= 0.3 is 5.97 Å². The second-order valence-electron chi connectivity index (χ2n) is 9.24. The normalized spacial score (nSPS) is 26.9. The highest BCUT2D eigenvalue weighted by atomic mass is 16.4. The fraction of sp³-hybridized carbons (Fsp3) is 0.833. The van der Waals surface area contributed by atoms with Gasteiger partial charge in [0.2, 0.25) is 0 Å². The van der Waals surface area contributed by atoms with E-state index in [9.17, 15) is 19.8 Å². The molecule has 0 spiro atoms. The summed E-state index contributed by atoms with van der Waals surface area (Å²) in [5.41, 5.74) is -0.633. The number of allylic oxidation sites excluding steroid dienone is 1.